The molecule has 0 radical (unpaired) electrons. The lowest BCUT2D eigenvalue weighted by Gasteiger charge is -2.04. The van der Waals surface area contributed by atoms with Crippen molar-refractivity contribution in [3.05, 3.63) is 77.0 Å². The van der Waals surface area contributed by atoms with E-state index in [1.54, 1.807) is 43.2 Å². The van der Waals surface area contributed by atoms with Gasteiger partial charge in [-0.15, -0.1) is 5.10 Å². The standard InChI is InChI=1S/C21H21N7O2/c1-26-19(16-10-6-7-11-22-16)25-28(21(26)30)13-12-23-20(29)18-14-17(24-27(18)2)15-8-4-3-5-9-15/h3-11,14H,12-13H2,1-2H3,(H,23,29). The molecule has 9 nitrogen and oxygen atoms in total. The third kappa shape index (κ3) is 3.77. The molecule has 4 rings (SSSR count). The molecule has 3 heterocycles. The van der Waals surface area contributed by atoms with Gasteiger partial charge in [-0.1, -0.05) is 36.4 Å². The second-order valence-electron chi connectivity index (χ2n) is 6.76. The molecule has 1 aromatic carbocycles. The number of nitrogens with one attached hydrogen (secondary N) is 1. The Bertz CT molecular complexity index is 1220. The highest BCUT2D eigenvalue weighted by molar-refractivity contribution is 5.93. The first-order valence-electron chi connectivity index (χ1n) is 9.47. The first kappa shape index (κ1) is 19.3. The van der Waals surface area contributed by atoms with Crippen LogP contribution in [0.2, 0.25) is 0 Å². The summed E-state index contributed by atoms with van der Waals surface area (Å²) in [5, 5.41) is 11.6. The molecule has 0 saturated carbocycles. The van der Waals surface area contributed by atoms with Gasteiger partial charge in [0.15, 0.2) is 5.82 Å². The molecule has 0 spiro atoms. The van der Waals surface area contributed by atoms with Gasteiger partial charge in [0, 0.05) is 32.4 Å². The van der Waals surface area contributed by atoms with Gasteiger partial charge < -0.3 is 5.32 Å². The fourth-order valence-corrected chi connectivity index (χ4v) is 3.15. The molecule has 9 heteroatoms. The fraction of sp³-hybridized carbons (Fsp3) is 0.190. The van der Waals surface area contributed by atoms with Crippen LogP contribution in [0.15, 0.2) is 65.6 Å². The zero-order chi connectivity index (χ0) is 21.1. The number of aryl methyl sites for hydroxylation is 1. The van der Waals surface area contributed by atoms with E-state index in [4.69, 9.17) is 0 Å². The van der Waals surface area contributed by atoms with Crippen LogP contribution in [-0.4, -0.2) is 41.6 Å². The zero-order valence-electron chi connectivity index (χ0n) is 16.7. The zero-order valence-corrected chi connectivity index (χ0v) is 16.7. The van der Waals surface area contributed by atoms with E-state index in [2.05, 4.69) is 20.5 Å². The van der Waals surface area contributed by atoms with Gasteiger partial charge in [0.05, 0.1) is 12.2 Å². The van der Waals surface area contributed by atoms with Crippen molar-refractivity contribution in [2.75, 3.05) is 6.54 Å². The van der Waals surface area contributed by atoms with E-state index in [1.165, 1.54) is 9.25 Å². The molecule has 0 aliphatic heterocycles. The Kier molecular flexibility index (Phi) is 5.25. The molecule has 30 heavy (non-hydrogen) atoms. The molecule has 0 saturated heterocycles. The first-order valence-corrected chi connectivity index (χ1v) is 9.47. The van der Waals surface area contributed by atoms with Crippen LogP contribution < -0.4 is 11.0 Å². The highest BCUT2D eigenvalue weighted by Gasteiger charge is 2.16. The van der Waals surface area contributed by atoms with Crippen LogP contribution >= 0.6 is 0 Å². The van der Waals surface area contributed by atoms with Crippen LogP contribution in [0.3, 0.4) is 0 Å². The summed E-state index contributed by atoms with van der Waals surface area (Å²) in [6, 6.07) is 16.8. The number of pyridine rings is 1. The topological polar surface area (TPSA) is 99.6 Å². The number of aromatic nitrogens is 6. The van der Waals surface area contributed by atoms with Crippen molar-refractivity contribution in [2.45, 2.75) is 6.54 Å². The number of hydrogen-bond acceptors (Lipinski definition) is 5. The molecule has 4 aromatic rings. The van der Waals surface area contributed by atoms with Crippen LogP contribution in [-0.2, 0) is 20.6 Å². The van der Waals surface area contributed by atoms with Crippen LogP contribution in [0.1, 0.15) is 10.5 Å². The molecule has 0 atom stereocenters. The van der Waals surface area contributed by atoms with E-state index in [9.17, 15) is 9.59 Å². The highest BCUT2D eigenvalue weighted by atomic mass is 16.2. The van der Waals surface area contributed by atoms with Gasteiger partial charge in [-0.2, -0.15) is 5.10 Å². The first-order chi connectivity index (χ1) is 14.5. The van der Waals surface area contributed by atoms with Gasteiger partial charge in [0.25, 0.3) is 5.91 Å². The lowest BCUT2D eigenvalue weighted by atomic mass is 10.1. The van der Waals surface area contributed by atoms with E-state index in [0.29, 0.717) is 17.2 Å². The minimum absolute atomic E-state index is 0.245. The van der Waals surface area contributed by atoms with Gasteiger partial charge in [0.2, 0.25) is 0 Å². The lowest BCUT2D eigenvalue weighted by molar-refractivity contribution is 0.0942. The van der Waals surface area contributed by atoms with E-state index < -0.39 is 0 Å². The number of hydrogen-bond donors (Lipinski definition) is 1. The van der Waals surface area contributed by atoms with Gasteiger partial charge in [-0.05, 0) is 18.2 Å². The number of nitrogens with zero attached hydrogens (tertiary/aromatic N) is 6. The molecule has 0 bridgehead atoms. The molecule has 0 unspecified atom stereocenters. The minimum atomic E-state index is -0.267. The summed E-state index contributed by atoms with van der Waals surface area (Å²) < 4.78 is 4.31. The molecule has 1 amide bonds. The predicted octanol–water partition coefficient (Wildman–Crippen LogP) is 1.47. The van der Waals surface area contributed by atoms with Gasteiger partial charge >= 0.3 is 5.69 Å². The monoisotopic (exact) mass is 403 g/mol. The second kappa shape index (κ2) is 8.16. The molecular formula is C21H21N7O2. The van der Waals surface area contributed by atoms with E-state index in [0.717, 1.165) is 11.3 Å². The number of benzene rings is 1. The lowest BCUT2D eigenvalue weighted by Crippen LogP contribution is -2.32. The fourth-order valence-electron chi connectivity index (χ4n) is 3.15. The third-order valence-electron chi connectivity index (χ3n) is 4.73. The normalized spacial score (nSPS) is 10.9. The Labute approximate surface area is 172 Å². The highest BCUT2D eigenvalue weighted by Crippen LogP contribution is 2.18. The quantitative estimate of drug-likeness (QED) is 0.526. The summed E-state index contributed by atoms with van der Waals surface area (Å²) in [6.45, 7) is 0.498. The van der Waals surface area contributed by atoms with Crippen LogP contribution in [0.5, 0.6) is 0 Å². The average molecular weight is 403 g/mol. The van der Waals surface area contributed by atoms with Crippen molar-refractivity contribution >= 4 is 5.91 Å². The molecule has 3 aromatic heterocycles. The SMILES string of the molecule is Cn1nc(-c2ccccc2)cc1C(=O)NCCn1nc(-c2ccccn2)n(C)c1=O. The van der Waals surface area contributed by atoms with E-state index in [-0.39, 0.29) is 24.7 Å². The maximum atomic E-state index is 12.6. The molecule has 0 aliphatic carbocycles. The van der Waals surface area contributed by atoms with Crippen molar-refractivity contribution in [2.24, 2.45) is 14.1 Å². The van der Waals surface area contributed by atoms with Gasteiger partial charge in [0.1, 0.15) is 11.4 Å². The number of carbonyl (C=O) groups excluding carboxylic acids is 1. The Morgan fingerprint density at radius 2 is 1.77 bits per heavy atom. The average Bonchev–Trinajstić information content (AvgIpc) is 3.30. The van der Waals surface area contributed by atoms with E-state index >= 15 is 0 Å². The summed E-state index contributed by atoms with van der Waals surface area (Å²) in [6.07, 6.45) is 1.65. The van der Waals surface area contributed by atoms with E-state index in [1.807, 2.05) is 36.4 Å². The third-order valence-corrected chi connectivity index (χ3v) is 4.73. The predicted molar refractivity (Wildman–Crippen MR) is 112 cm³/mol. The van der Waals surface area contributed by atoms with Crippen molar-refractivity contribution in [1.29, 1.82) is 0 Å². The summed E-state index contributed by atoms with van der Waals surface area (Å²) in [5.41, 5.74) is 2.45. The maximum Gasteiger partial charge on any atom is 0.346 e. The number of rotatable bonds is 6. The van der Waals surface area contributed by atoms with Crippen molar-refractivity contribution in [3.63, 3.8) is 0 Å². The molecule has 152 valence electrons. The second-order valence-corrected chi connectivity index (χ2v) is 6.76. The van der Waals surface area contributed by atoms with Gasteiger partial charge in [-0.25, -0.2) is 9.48 Å². The van der Waals surface area contributed by atoms with Crippen LogP contribution in [0.4, 0.5) is 0 Å². The van der Waals surface area contributed by atoms with Crippen molar-refractivity contribution < 1.29 is 4.79 Å². The maximum absolute atomic E-state index is 12.6. The molecule has 0 aliphatic rings. The summed E-state index contributed by atoms with van der Waals surface area (Å²) in [7, 11) is 3.37. The number of amides is 1. The Balaban J connectivity index is 1.44. The van der Waals surface area contributed by atoms with Crippen molar-refractivity contribution in [3.8, 4) is 22.8 Å². The Hall–Kier alpha value is -4.01. The smallest absolute Gasteiger partial charge is 0.346 e. The molecular weight excluding hydrogens is 382 g/mol. The van der Waals surface area contributed by atoms with Crippen LogP contribution in [0.25, 0.3) is 22.8 Å². The summed E-state index contributed by atoms with van der Waals surface area (Å²) in [4.78, 5) is 29.3. The summed E-state index contributed by atoms with van der Waals surface area (Å²) >= 11 is 0. The molecule has 0 fully saturated rings. The Morgan fingerprint density at radius 1 is 1.00 bits per heavy atom. The largest absolute Gasteiger partial charge is 0.349 e. The minimum Gasteiger partial charge on any atom is -0.349 e. The molecule has 1 N–H and O–H groups in total. The van der Waals surface area contributed by atoms with Crippen molar-refractivity contribution in [1.82, 2.24) is 34.4 Å². The summed E-state index contributed by atoms with van der Waals surface area (Å²) in [5.74, 6) is 0.215. The number of carbonyl (C=O) groups is 1. The Morgan fingerprint density at radius 3 is 2.50 bits per heavy atom. The van der Waals surface area contributed by atoms with Gasteiger partial charge in [-0.3, -0.25) is 19.0 Å². The van der Waals surface area contributed by atoms with Crippen LogP contribution in [0, 0.1) is 0 Å².